The zero-order chi connectivity index (χ0) is 21.6. The summed E-state index contributed by atoms with van der Waals surface area (Å²) in [7, 11) is 1.60. The average molecular weight is 440 g/mol. The van der Waals surface area contributed by atoms with Crippen LogP contribution in [0.1, 0.15) is 17.4 Å². The molecule has 10 nitrogen and oxygen atoms in total. The Labute approximate surface area is 182 Å². The third-order valence-corrected chi connectivity index (χ3v) is 4.73. The van der Waals surface area contributed by atoms with Crippen LogP contribution in [0.5, 0.6) is 5.75 Å². The molecule has 0 aliphatic heterocycles. The quantitative estimate of drug-likeness (QED) is 0.400. The second-order valence-corrected chi connectivity index (χ2v) is 6.95. The number of anilines is 1. The number of H-pyrrole nitrogens is 1. The molecule has 2 heterocycles. The molecule has 0 bridgehead atoms. The summed E-state index contributed by atoms with van der Waals surface area (Å²) >= 11 is 5.90. The molecular weight excluding hydrogens is 422 g/mol. The molecule has 4 rings (SSSR count). The van der Waals surface area contributed by atoms with E-state index in [1.807, 2.05) is 24.3 Å². The van der Waals surface area contributed by atoms with Crippen molar-refractivity contribution in [1.29, 1.82) is 0 Å². The van der Waals surface area contributed by atoms with E-state index in [1.165, 1.54) is 6.39 Å². The van der Waals surface area contributed by atoms with Crippen molar-refractivity contribution in [3.63, 3.8) is 0 Å². The van der Waals surface area contributed by atoms with Crippen molar-refractivity contribution in [3.8, 4) is 17.3 Å². The van der Waals surface area contributed by atoms with Crippen molar-refractivity contribution in [2.45, 2.75) is 12.5 Å². The first kappa shape index (κ1) is 20.4. The lowest BCUT2D eigenvalue weighted by Gasteiger charge is -2.18. The maximum atomic E-state index is 12.7. The number of rotatable bonds is 7. The normalized spacial score (nSPS) is 11.7. The number of nitrogens with zero attached hydrogens (tertiary/aromatic N) is 4. The lowest BCUT2D eigenvalue weighted by molar-refractivity contribution is 0.246. The Morgan fingerprint density at radius 3 is 2.65 bits per heavy atom. The molecule has 2 amide bonds. The van der Waals surface area contributed by atoms with Crippen LogP contribution in [-0.4, -0.2) is 38.7 Å². The minimum absolute atomic E-state index is 0.267. The maximum Gasteiger partial charge on any atom is 0.319 e. The van der Waals surface area contributed by atoms with Gasteiger partial charge < -0.3 is 19.8 Å². The first-order valence-corrected chi connectivity index (χ1v) is 9.63. The maximum absolute atomic E-state index is 12.7. The van der Waals surface area contributed by atoms with Crippen LogP contribution in [0, 0.1) is 0 Å². The molecule has 158 valence electrons. The molecule has 0 fully saturated rings. The Bertz CT molecular complexity index is 1130. The molecule has 3 N–H and O–H groups in total. The molecule has 0 saturated heterocycles. The number of carbonyl (C=O) groups excluding carboxylic acids is 1. The Balaban J connectivity index is 1.58. The predicted octanol–water partition coefficient (Wildman–Crippen LogP) is 3.62. The van der Waals surface area contributed by atoms with Gasteiger partial charge in [0.15, 0.2) is 17.8 Å². The second-order valence-electron chi connectivity index (χ2n) is 6.51. The first-order chi connectivity index (χ1) is 15.1. The monoisotopic (exact) mass is 439 g/mol. The molecule has 11 heteroatoms. The van der Waals surface area contributed by atoms with Gasteiger partial charge in [-0.2, -0.15) is 5.21 Å². The van der Waals surface area contributed by atoms with Crippen LogP contribution in [-0.2, 0) is 6.42 Å². The SMILES string of the molecule is COc1ccc(C[C@H](NC(=O)Nc2ccc(Cl)cc2)c2ocnc2-c2nn[nH]n2)cc1. The smallest absolute Gasteiger partial charge is 0.319 e. The Kier molecular flexibility index (Phi) is 6.08. The van der Waals surface area contributed by atoms with Gasteiger partial charge in [-0.3, -0.25) is 0 Å². The van der Waals surface area contributed by atoms with E-state index in [9.17, 15) is 4.79 Å². The summed E-state index contributed by atoms with van der Waals surface area (Å²) in [6.07, 6.45) is 1.71. The standard InChI is InChI=1S/C20H18ClN7O3/c1-30-15-8-2-12(3-9-15)10-16(18-17(22-11-31-18)19-25-27-28-26-19)24-20(29)23-14-6-4-13(21)5-7-14/h2-9,11,16H,10H2,1H3,(H2,23,24,29)(H,25,26,27,28)/t16-/m0/s1. The highest BCUT2D eigenvalue weighted by Gasteiger charge is 2.25. The van der Waals surface area contributed by atoms with Gasteiger partial charge in [0, 0.05) is 17.1 Å². The van der Waals surface area contributed by atoms with Crippen molar-refractivity contribution in [2.24, 2.45) is 0 Å². The third-order valence-electron chi connectivity index (χ3n) is 4.47. The van der Waals surface area contributed by atoms with Gasteiger partial charge in [-0.1, -0.05) is 23.7 Å². The summed E-state index contributed by atoms with van der Waals surface area (Å²) in [6, 6.07) is 13.3. The van der Waals surface area contributed by atoms with Crippen LogP contribution >= 0.6 is 11.6 Å². The van der Waals surface area contributed by atoms with Crippen LogP contribution < -0.4 is 15.4 Å². The number of oxazole rings is 1. The summed E-state index contributed by atoms with van der Waals surface area (Å²) in [5, 5.41) is 20.2. The van der Waals surface area contributed by atoms with E-state index in [4.69, 9.17) is 20.8 Å². The highest BCUT2D eigenvalue weighted by Crippen LogP contribution is 2.27. The number of carbonyl (C=O) groups is 1. The van der Waals surface area contributed by atoms with Gasteiger partial charge in [0.25, 0.3) is 0 Å². The summed E-state index contributed by atoms with van der Waals surface area (Å²) < 4.78 is 10.8. The van der Waals surface area contributed by atoms with Crippen LogP contribution in [0.3, 0.4) is 0 Å². The van der Waals surface area contributed by atoms with Crippen LogP contribution in [0.2, 0.25) is 5.02 Å². The van der Waals surface area contributed by atoms with Gasteiger partial charge in [0.1, 0.15) is 5.75 Å². The van der Waals surface area contributed by atoms with Crippen LogP contribution in [0.15, 0.2) is 59.3 Å². The molecule has 4 aromatic rings. The Morgan fingerprint density at radius 2 is 1.97 bits per heavy atom. The fourth-order valence-electron chi connectivity index (χ4n) is 3.00. The number of ether oxygens (including phenoxy) is 1. The van der Waals surface area contributed by atoms with Gasteiger partial charge >= 0.3 is 6.03 Å². The van der Waals surface area contributed by atoms with Crippen LogP contribution in [0.4, 0.5) is 10.5 Å². The summed E-state index contributed by atoms with van der Waals surface area (Å²) in [5.74, 6) is 1.41. The Morgan fingerprint density at radius 1 is 1.19 bits per heavy atom. The van der Waals surface area contributed by atoms with E-state index in [1.54, 1.807) is 31.4 Å². The fraction of sp³-hybridized carbons (Fsp3) is 0.150. The molecule has 0 aliphatic carbocycles. The molecule has 0 radical (unpaired) electrons. The van der Waals surface area contributed by atoms with Gasteiger partial charge in [0.2, 0.25) is 5.82 Å². The van der Waals surface area contributed by atoms with E-state index in [0.29, 0.717) is 28.6 Å². The van der Waals surface area contributed by atoms with Crippen LogP contribution in [0.25, 0.3) is 11.5 Å². The molecule has 0 unspecified atom stereocenters. The number of aromatic nitrogens is 5. The molecule has 0 aliphatic rings. The number of hydrogen-bond donors (Lipinski definition) is 3. The predicted molar refractivity (Wildman–Crippen MR) is 113 cm³/mol. The van der Waals surface area contributed by atoms with E-state index < -0.39 is 12.1 Å². The largest absolute Gasteiger partial charge is 0.497 e. The summed E-state index contributed by atoms with van der Waals surface area (Å²) in [6.45, 7) is 0. The molecule has 2 aromatic heterocycles. The Hall–Kier alpha value is -3.92. The zero-order valence-corrected chi connectivity index (χ0v) is 17.1. The molecule has 0 spiro atoms. The number of halogens is 1. The summed E-state index contributed by atoms with van der Waals surface area (Å²) in [5.41, 5.74) is 1.94. The number of nitrogens with one attached hydrogen (secondary N) is 3. The number of tetrazole rings is 1. The lowest BCUT2D eigenvalue weighted by Crippen LogP contribution is -2.33. The number of aromatic amines is 1. The number of urea groups is 1. The average Bonchev–Trinajstić information content (AvgIpc) is 3.47. The minimum Gasteiger partial charge on any atom is -0.497 e. The van der Waals surface area contributed by atoms with E-state index in [2.05, 4.69) is 36.2 Å². The zero-order valence-electron chi connectivity index (χ0n) is 16.4. The number of methoxy groups -OCH3 is 1. The lowest BCUT2D eigenvalue weighted by atomic mass is 10.0. The second kappa shape index (κ2) is 9.26. The summed E-state index contributed by atoms with van der Waals surface area (Å²) in [4.78, 5) is 16.9. The number of amides is 2. The van der Waals surface area contributed by atoms with Crippen molar-refractivity contribution in [1.82, 2.24) is 30.9 Å². The van der Waals surface area contributed by atoms with Gasteiger partial charge in [-0.15, -0.1) is 10.2 Å². The van der Waals surface area contributed by atoms with Crippen molar-refractivity contribution in [3.05, 3.63) is 71.3 Å². The van der Waals surface area contributed by atoms with E-state index in [0.717, 1.165) is 11.3 Å². The molecule has 31 heavy (non-hydrogen) atoms. The molecule has 1 atom stereocenters. The number of benzene rings is 2. The minimum atomic E-state index is -0.559. The fourth-order valence-corrected chi connectivity index (χ4v) is 3.12. The van der Waals surface area contributed by atoms with Crippen molar-refractivity contribution in [2.75, 3.05) is 12.4 Å². The third kappa shape index (κ3) is 4.98. The van der Waals surface area contributed by atoms with Gasteiger partial charge in [-0.05, 0) is 47.2 Å². The molecule has 0 saturated carbocycles. The van der Waals surface area contributed by atoms with Crippen molar-refractivity contribution >= 4 is 23.3 Å². The van der Waals surface area contributed by atoms with Crippen molar-refractivity contribution < 1.29 is 13.9 Å². The first-order valence-electron chi connectivity index (χ1n) is 9.25. The molecular formula is C20H18ClN7O3. The highest BCUT2D eigenvalue weighted by atomic mass is 35.5. The van der Waals surface area contributed by atoms with E-state index >= 15 is 0 Å². The van der Waals surface area contributed by atoms with Gasteiger partial charge in [-0.25, -0.2) is 9.78 Å². The highest BCUT2D eigenvalue weighted by molar-refractivity contribution is 6.30. The number of hydrogen-bond acceptors (Lipinski definition) is 7. The van der Waals surface area contributed by atoms with E-state index in [-0.39, 0.29) is 5.82 Å². The topological polar surface area (TPSA) is 131 Å². The van der Waals surface area contributed by atoms with Gasteiger partial charge in [0.05, 0.1) is 13.2 Å². The molecule has 2 aromatic carbocycles.